The molecule has 0 heterocycles. The van der Waals surface area contributed by atoms with Gasteiger partial charge >= 0.3 is 0 Å². The van der Waals surface area contributed by atoms with Crippen molar-refractivity contribution in [1.29, 1.82) is 0 Å². The van der Waals surface area contributed by atoms with E-state index in [-0.39, 0.29) is 18.6 Å². The molecule has 2 N–H and O–H groups in total. The lowest BCUT2D eigenvalue weighted by atomic mass is 9.87. The van der Waals surface area contributed by atoms with Gasteiger partial charge in [-0.25, -0.2) is 0 Å². The van der Waals surface area contributed by atoms with E-state index >= 15 is 0 Å². The number of aliphatic hydroxyl groups is 2. The molecule has 2 atom stereocenters. The molecule has 2 aliphatic carbocycles. The van der Waals surface area contributed by atoms with Crippen LogP contribution in [0.15, 0.2) is 0 Å². The van der Waals surface area contributed by atoms with Crippen LogP contribution < -0.4 is 0 Å². The van der Waals surface area contributed by atoms with Gasteiger partial charge in [0.15, 0.2) is 0 Å². The molecular formula is C16H28O4. The van der Waals surface area contributed by atoms with Crippen LogP contribution in [0.3, 0.4) is 0 Å². The minimum atomic E-state index is -0.612. The highest BCUT2D eigenvalue weighted by atomic mass is 16.3. The van der Waals surface area contributed by atoms with Crippen molar-refractivity contribution >= 4 is 12.6 Å². The molecule has 116 valence electrons. The Hall–Kier alpha value is -0.740. The molecule has 2 aliphatic rings. The zero-order valence-corrected chi connectivity index (χ0v) is 12.7. The summed E-state index contributed by atoms with van der Waals surface area (Å²) in [6.45, 7) is 4.55. The fourth-order valence-corrected chi connectivity index (χ4v) is 3.44. The highest BCUT2D eigenvalue weighted by Crippen LogP contribution is 2.40. The minimum absolute atomic E-state index is 0.139. The first-order chi connectivity index (χ1) is 9.44. The zero-order valence-electron chi connectivity index (χ0n) is 12.7. The molecular weight excluding hydrogens is 256 g/mol. The van der Waals surface area contributed by atoms with Crippen LogP contribution >= 0.6 is 0 Å². The van der Waals surface area contributed by atoms with Crippen LogP contribution in [-0.4, -0.2) is 36.0 Å². The number of carbonyl (C=O) groups is 2. The standard InChI is InChI=1S/C8H16O2.C8H12O2/c2*1-7-2-3-8(4-7,5-9)6-10/h7,9-10H,2-6H2,1H3;5-7H,2-4H2,1H3. The van der Waals surface area contributed by atoms with Crippen LogP contribution in [0.4, 0.5) is 0 Å². The number of rotatable bonds is 4. The van der Waals surface area contributed by atoms with Gasteiger partial charge in [-0.3, -0.25) is 0 Å². The van der Waals surface area contributed by atoms with Gasteiger partial charge in [0.25, 0.3) is 0 Å². The van der Waals surface area contributed by atoms with Gasteiger partial charge in [0, 0.05) is 5.41 Å². The molecule has 2 unspecified atom stereocenters. The Morgan fingerprint density at radius 2 is 1.45 bits per heavy atom. The van der Waals surface area contributed by atoms with Gasteiger partial charge in [-0.1, -0.05) is 13.8 Å². The fraction of sp³-hybridized carbons (Fsp3) is 0.875. The first-order valence-electron chi connectivity index (χ1n) is 7.59. The Morgan fingerprint density at radius 1 is 0.950 bits per heavy atom. The van der Waals surface area contributed by atoms with E-state index in [0.29, 0.717) is 11.8 Å². The monoisotopic (exact) mass is 284 g/mol. The van der Waals surface area contributed by atoms with Crippen LogP contribution in [0.5, 0.6) is 0 Å². The number of hydrogen-bond donors (Lipinski definition) is 2. The molecule has 0 bridgehead atoms. The molecule has 0 aliphatic heterocycles. The van der Waals surface area contributed by atoms with E-state index in [2.05, 4.69) is 13.8 Å². The first kappa shape index (κ1) is 17.3. The predicted octanol–water partition coefficient (Wildman–Crippen LogP) is 1.97. The molecule has 2 saturated carbocycles. The Balaban J connectivity index is 0.000000200. The van der Waals surface area contributed by atoms with E-state index in [1.165, 1.54) is 0 Å². The van der Waals surface area contributed by atoms with Crippen LogP contribution in [-0.2, 0) is 9.59 Å². The normalized spacial score (nSPS) is 30.4. The highest BCUT2D eigenvalue weighted by Gasteiger charge is 2.37. The van der Waals surface area contributed by atoms with E-state index in [0.717, 1.165) is 51.1 Å². The minimum Gasteiger partial charge on any atom is -0.396 e. The Labute approximate surface area is 121 Å². The van der Waals surface area contributed by atoms with Crippen LogP contribution in [0.25, 0.3) is 0 Å². The second-order valence-electron chi connectivity index (χ2n) is 6.98. The van der Waals surface area contributed by atoms with Crippen LogP contribution in [0, 0.1) is 22.7 Å². The van der Waals surface area contributed by atoms with E-state index in [4.69, 9.17) is 10.2 Å². The van der Waals surface area contributed by atoms with Gasteiger partial charge < -0.3 is 19.8 Å². The van der Waals surface area contributed by atoms with Gasteiger partial charge in [-0.2, -0.15) is 0 Å². The number of hydrogen-bond acceptors (Lipinski definition) is 4. The van der Waals surface area contributed by atoms with Gasteiger partial charge in [-0.15, -0.1) is 0 Å². The van der Waals surface area contributed by atoms with Crippen LogP contribution in [0.2, 0.25) is 0 Å². The average Bonchev–Trinajstić information content (AvgIpc) is 3.04. The lowest BCUT2D eigenvalue weighted by Gasteiger charge is -2.23. The SMILES string of the molecule is CC1CCC(C=O)(C=O)C1.CC1CCC(CO)(CO)C1. The summed E-state index contributed by atoms with van der Waals surface area (Å²) in [5.74, 6) is 1.22. The maximum atomic E-state index is 10.5. The van der Waals surface area contributed by atoms with Crippen molar-refractivity contribution in [2.45, 2.75) is 52.4 Å². The fourth-order valence-electron chi connectivity index (χ4n) is 3.44. The summed E-state index contributed by atoms with van der Waals surface area (Å²) >= 11 is 0. The lowest BCUT2D eigenvalue weighted by Crippen LogP contribution is -2.26. The van der Waals surface area contributed by atoms with Crippen LogP contribution in [0.1, 0.15) is 52.4 Å². The summed E-state index contributed by atoms with van der Waals surface area (Å²) in [6, 6.07) is 0. The molecule has 0 aromatic heterocycles. The molecule has 20 heavy (non-hydrogen) atoms. The van der Waals surface area contributed by atoms with E-state index < -0.39 is 5.41 Å². The quantitative estimate of drug-likeness (QED) is 0.611. The van der Waals surface area contributed by atoms with Crippen molar-refractivity contribution in [3.63, 3.8) is 0 Å². The van der Waals surface area contributed by atoms with Crippen molar-refractivity contribution in [3.8, 4) is 0 Å². The molecule has 4 nitrogen and oxygen atoms in total. The lowest BCUT2D eigenvalue weighted by molar-refractivity contribution is -0.126. The van der Waals surface area contributed by atoms with E-state index in [1.807, 2.05) is 0 Å². The molecule has 0 saturated heterocycles. The average molecular weight is 284 g/mol. The van der Waals surface area contributed by atoms with Gasteiger partial charge in [-0.05, 0) is 50.4 Å². The summed E-state index contributed by atoms with van der Waals surface area (Å²) in [7, 11) is 0. The third-order valence-electron chi connectivity index (χ3n) is 4.92. The highest BCUT2D eigenvalue weighted by molar-refractivity contribution is 5.83. The molecule has 2 fully saturated rings. The maximum Gasteiger partial charge on any atom is 0.133 e. The Morgan fingerprint density at radius 3 is 1.65 bits per heavy atom. The Bertz CT molecular complexity index is 314. The smallest absolute Gasteiger partial charge is 0.133 e. The molecule has 0 aromatic rings. The molecule has 0 spiro atoms. The summed E-state index contributed by atoms with van der Waals surface area (Å²) in [6.07, 6.45) is 7.26. The van der Waals surface area contributed by atoms with Crippen molar-refractivity contribution in [2.24, 2.45) is 22.7 Å². The van der Waals surface area contributed by atoms with Crippen molar-refractivity contribution in [1.82, 2.24) is 0 Å². The second kappa shape index (κ2) is 7.32. The molecule has 4 heteroatoms. The van der Waals surface area contributed by atoms with E-state index in [1.54, 1.807) is 0 Å². The summed E-state index contributed by atoms with van der Waals surface area (Å²) < 4.78 is 0. The van der Waals surface area contributed by atoms with Gasteiger partial charge in [0.05, 0.1) is 18.6 Å². The van der Waals surface area contributed by atoms with Gasteiger partial charge in [0.1, 0.15) is 12.6 Å². The number of aliphatic hydroxyl groups excluding tert-OH is 2. The Kier molecular flexibility index (Phi) is 6.34. The zero-order chi connectivity index (χ0) is 15.2. The van der Waals surface area contributed by atoms with E-state index in [9.17, 15) is 9.59 Å². The molecule has 0 radical (unpaired) electrons. The van der Waals surface area contributed by atoms with Crippen molar-refractivity contribution in [3.05, 3.63) is 0 Å². The third-order valence-corrected chi connectivity index (χ3v) is 4.92. The number of carbonyl (C=O) groups excluding carboxylic acids is 2. The first-order valence-corrected chi connectivity index (χ1v) is 7.59. The molecule has 2 rings (SSSR count). The van der Waals surface area contributed by atoms with Crippen molar-refractivity contribution in [2.75, 3.05) is 13.2 Å². The molecule has 0 aromatic carbocycles. The largest absolute Gasteiger partial charge is 0.396 e. The predicted molar refractivity (Wildman–Crippen MR) is 77.2 cm³/mol. The maximum absolute atomic E-state index is 10.5. The van der Waals surface area contributed by atoms with Crippen molar-refractivity contribution < 1.29 is 19.8 Å². The van der Waals surface area contributed by atoms with Gasteiger partial charge in [0.2, 0.25) is 0 Å². The summed E-state index contributed by atoms with van der Waals surface area (Å²) in [5, 5.41) is 17.9. The topological polar surface area (TPSA) is 74.6 Å². The second-order valence-corrected chi connectivity index (χ2v) is 6.98. The third kappa shape index (κ3) is 4.13. The summed E-state index contributed by atoms with van der Waals surface area (Å²) in [5.41, 5.74) is -0.751. The number of aldehydes is 2. The molecule has 0 amide bonds. The summed E-state index contributed by atoms with van der Waals surface area (Å²) in [4.78, 5) is 20.9.